The summed E-state index contributed by atoms with van der Waals surface area (Å²) in [6.45, 7) is 4.32. The summed E-state index contributed by atoms with van der Waals surface area (Å²) >= 11 is 0. The van der Waals surface area contributed by atoms with Crippen LogP contribution >= 0.6 is 0 Å². The second-order valence-electron chi connectivity index (χ2n) is 5.88. The van der Waals surface area contributed by atoms with Crippen molar-refractivity contribution in [2.75, 3.05) is 6.54 Å². The van der Waals surface area contributed by atoms with Crippen LogP contribution in [0.1, 0.15) is 90.9 Å². The molecule has 2 N–H and O–H groups in total. The molecule has 0 aliphatic carbocycles. The van der Waals surface area contributed by atoms with Crippen LogP contribution in [0.3, 0.4) is 0 Å². The van der Waals surface area contributed by atoms with E-state index in [1.165, 1.54) is 71.1 Å². The van der Waals surface area contributed by atoms with Crippen molar-refractivity contribution in [3.63, 3.8) is 0 Å². The van der Waals surface area contributed by atoms with Gasteiger partial charge in [-0.3, -0.25) is 0 Å². The number of hydroxylamine groups is 1. The summed E-state index contributed by atoms with van der Waals surface area (Å²) in [5.74, 6) is -0.617. The van der Waals surface area contributed by atoms with E-state index < -0.39 is 12.1 Å². The van der Waals surface area contributed by atoms with Crippen LogP contribution in [0.4, 0.5) is 0 Å². The molecule has 0 aromatic heterocycles. The van der Waals surface area contributed by atoms with Crippen molar-refractivity contribution in [1.29, 1.82) is 0 Å². The maximum atomic E-state index is 10.9. The summed E-state index contributed by atoms with van der Waals surface area (Å²) in [4.78, 5) is 15.6. The summed E-state index contributed by atoms with van der Waals surface area (Å²) in [7, 11) is 0. The van der Waals surface area contributed by atoms with Crippen LogP contribution in [-0.2, 0) is 9.63 Å². The zero-order valence-electron chi connectivity index (χ0n) is 14.0. The molecule has 0 saturated heterocycles. The molecule has 0 rings (SSSR count). The van der Waals surface area contributed by atoms with Crippen molar-refractivity contribution in [3.8, 4) is 0 Å². The second-order valence-corrected chi connectivity index (χ2v) is 5.88. The Balaban J connectivity index is 0. The summed E-state index contributed by atoms with van der Waals surface area (Å²) in [6, 6.07) is 0. The van der Waals surface area contributed by atoms with E-state index in [-0.39, 0.29) is 29.6 Å². The van der Waals surface area contributed by atoms with Crippen LogP contribution in [0.2, 0.25) is 0 Å². The van der Waals surface area contributed by atoms with E-state index in [4.69, 9.17) is 5.11 Å². The Kier molecular flexibility index (Phi) is 21.8. The zero-order chi connectivity index (χ0) is 15.8. The molecule has 22 heavy (non-hydrogen) atoms. The summed E-state index contributed by atoms with van der Waals surface area (Å²) in [6.07, 6.45) is 14.7. The van der Waals surface area contributed by atoms with Gasteiger partial charge in [0.2, 0.25) is 0 Å². The first-order valence-corrected chi connectivity index (χ1v) is 8.80. The summed E-state index contributed by atoms with van der Waals surface area (Å²) in [5.41, 5.74) is 2.59. The zero-order valence-corrected chi connectivity index (χ0v) is 14.0. The molecule has 0 heterocycles. The second kappa shape index (κ2) is 19.4. The Morgan fingerprint density at radius 1 is 0.909 bits per heavy atom. The number of aliphatic hydroxyl groups is 1. The number of aliphatic hydroxyl groups excluding tert-OH is 1. The molecule has 0 aromatic rings. The van der Waals surface area contributed by atoms with Crippen LogP contribution in [0, 0.1) is 0 Å². The van der Waals surface area contributed by atoms with Crippen LogP contribution in [0.15, 0.2) is 0 Å². The van der Waals surface area contributed by atoms with Gasteiger partial charge in [-0.1, -0.05) is 77.6 Å². The number of unbranched alkanes of at least 4 members (excludes halogenated alkanes) is 11. The third kappa shape index (κ3) is 18.4. The predicted molar refractivity (Wildman–Crippen MR) is 94.0 cm³/mol. The SMILES string of the molecule is CCCCCCCCCCCCCCNOC(=O)C(C)O.[NaH]. The van der Waals surface area contributed by atoms with Gasteiger partial charge < -0.3 is 9.94 Å². The maximum absolute atomic E-state index is 10.9. The molecule has 0 bridgehead atoms. The van der Waals surface area contributed by atoms with Gasteiger partial charge in [0.15, 0.2) is 6.10 Å². The fourth-order valence-corrected chi connectivity index (χ4v) is 2.25. The van der Waals surface area contributed by atoms with Gasteiger partial charge in [-0.05, 0) is 13.3 Å². The predicted octanol–water partition coefficient (Wildman–Crippen LogP) is 3.47. The minimum atomic E-state index is -1.06. The van der Waals surface area contributed by atoms with Gasteiger partial charge in [0.05, 0.1) is 0 Å². The number of nitrogens with one attached hydrogen (secondary N) is 1. The van der Waals surface area contributed by atoms with Crippen molar-refractivity contribution in [2.24, 2.45) is 0 Å². The fraction of sp³-hybridized carbons (Fsp3) is 0.941. The van der Waals surface area contributed by atoms with E-state index in [0.717, 1.165) is 12.8 Å². The fourth-order valence-electron chi connectivity index (χ4n) is 2.25. The molecule has 5 heteroatoms. The average molecular weight is 325 g/mol. The molecule has 0 aliphatic rings. The molecular formula is C17H36NNaO3. The molecule has 0 saturated carbocycles. The summed E-state index contributed by atoms with van der Waals surface area (Å²) < 4.78 is 0. The monoisotopic (exact) mass is 325 g/mol. The molecule has 0 radical (unpaired) electrons. The van der Waals surface area contributed by atoms with Crippen LogP contribution < -0.4 is 5.48 Å². The normalized spacial score (nSPS) is 11.8. The Morgan fingerprint density at radius 2 is 1.32 bits per heavy atom. The first kappa shape index (κ1) is 24.6. The van der Waals surface area contributed by atoms with E-state index in [1.54, 1.807) is 0 Å². The third-order valence-electron chi connectivity index (χ3n) is 3.65. The standard InChI is InChI=1S/C17H35NO3.Na.H/c1-3-4-5-6-7-8-9-10-11-12-13-14-15-18-21-17(20)16(2)19;;/h16,18-19H,3-15H2,1-2H3;;. The van der Waals surface area contributed by atoms with Crippen molar-refractivity contribution in [3.05, 3.63) is 0 Å². The van der Waals surface area contributed by atoms with E-state index in [9.17, 15) is 4.79 Å². The van der Waals surface area contributed by atoms with Crippen molar-refractivity contribution in [2.45, 2.75) is 97.0 Å². The van der Waals surface area contributed by atoms with Crippen molar-refractivity contribution >= 4 is 35.5 Å². The quantitative estimate of drug-likeness (QED) is 0.275. The van der Waals surface area contributed by atoms with Gasteiger partial charge >= 0.3 is 35.5 Å². The number of carbonyl (C=O) groups excluding carboxylic acids is 1. The Morgan fingerprint density at radius 3 is 1.73 bits per heavy atom. The van der Waals surface area contributed by atoms with Gasteiger partial charge in [0.1, 0.15) is 0 Å². The third-order valence-corrected chi connectivity index (χ3v) is 3.65. The Labute approximate surface area is 159 Å². The van der Waals surface area contributed by atoms with Crippen molar-refractivity contribution < 1.29 is 14.7 Å². The molecule has 0 fully saturated rings. The Hall–Kier alpha value is 0.390. The molecule has 0 aromatic carbocycles. The van der Waals surface area contributed by atoms with Gasteiger partial charge in [-0.25, -0.2) is 4.79 Å². The van der Waals surface area contributed by atoms with E-state index in [2.05, 4.69) is 17.2 Å². The molecule has 0 aliphatic heterocycles. The van der Waals surface area contributed by atoms with Gasteiger partial charge in [0, 0.05) is 6.54 Å². The number of rotatable bonds is 15. The first-order chi connectivity index (χ1) is 10.2. The van der Waals surface area contributed by atoms with Crippen LogP contribution in [0.25, 0.3) is 0 Å². The van der Waals surface area contributed by atoms with Crippen LogP contribution in [-0.4, -0.2) is 53.3 Å². The van der Waals surface area contributed by atoms with Gasteiger partial charge in [-0.15, -0.1) is 0 Å². The topological polar surface area (TPSA) is 58.6 Å². The molecule has 1 atom stereocenters. The number of carbonyl (C=O) groups is 1. The molecule has 4 nitrogen and oxygen atoms in total. The molecule has 0 spiro atoms. The number of hydrogen-bond acceptors (Lipinski definition) is 4. The molecule has 128 valence electrons. The van der Waals surface area contributed by atoms with E-state index in [0.29, 0.717) is 6.54 Å². The summed E-state index contributed by atoms with van der Waals surface area (Å²) in [5, 5.41) is 8.91. The van der Waals surface area contributed by atoms with Crippen molar-refractivity contribution in [1.82, 2.24) is 5.48 Å². The van der Waals surface area contributed by atoms with E-state index in [1.807, 2.05) is 0 Å². The van der Waals surface area contributed by atoms with E-state index >= 15 is 0 Å². The molecule has 1 unspecified atom stereocenters. The minimum absolute atomic E-state index is 0. The van der Waals surface area contributed by atoms with Crippen LogP contribution in [0.5, 0.6) is 0 Å². The first-order valence-electron chi connectivity index (χ1n) is 8.80. The van der Waals surface area contributed by atoms with Gasteiger partial charge in [-0.2, -0.15) is 5.48 Å². The Bertz CT molecular complexity index is 238. The van der Waals surface area contributed by atoms with Gasteiger partial charge in [0.25, 0.3) is 0 Å². The number of hydrogen-bond donors (Lipinski definition) is 2. The molecule has 0 amide bonds. The molecular weight excluding hydrogens is 289 g/mol. The average Bonchev–Trinajstić information content (AvgIpc) is 2.47.